The molecule has 5 aromatic carbocycles. The summed E-state index contributed by atoms with van der Waals surface area (Å²) in [6.45, 7) is 0.212. The molecule has 2 N–H and O–H groups in total. The van der Waals surface area contributed by atoms with Crippen molar-refractivity contribution in [1.82, 2.24) is 4.90 Å². The first-order valence-electron chi connectivity index (χ1n) is 14.9. The minimum Gasteiger partial charge on any atom is -0.423 e. The maximum absolute atomic E-state index is 14.2. The molecule has 5 aromatic rings. The normalized spacial score (nSPS) is 14.4. The zero-order chi connectivity index (χ0) is 33.1. The minimum absolute atomic E-state index is 0.171. The molecule has 2 amide bonds. The van der Waals surface area contributed by atoms with E-state index in [0.717, 1.165) is 23.3 Å². The molecule has 0 aromatic heterocycles. The maximum atomic E-state index is 14.2. The lowest BCUT2D eigenvalue weighted by atomic mass is 9.86. The highest BCUT2D eigenvalue weighted by molar-refractivity contribution is 5.98. The molecule has 236 valence electrons. The fourth-order valence-electron chi connectivity index (χ4n) is 6.06. The van der Waals surface area contributed by atoms with Crippen molar-refractivity contribution in [2.45, 2.75) is 24.6 Å². The van der Waals surface area contributed by atoms with Gasteiger partial charge in [0, 0.05) is 6.54 Å². The number of hydrogen-bond acceptors (Lipinski definition) is 4. The Morgan fingerprint density at radius 1 is 0.766 bits per heavy atom. The van der Waals surface area contributed by atoms with Crippen LogP contribution in [0, 0.1) is 0 Å². The van der Waals surface area contributed by atoms with E-state index in [1.54, 1.807) is 30.3 Å². The molecule has 1 atom stereocenters. The van der Waals surface area contributed by atoms with Gasteiger partial charge in [0.1, 0.15) is 11.8 Å². The van der Waals surface area contributed by atoms with Crippen molar-refractivity contribution in [2.75, 3.05) is 6.54 Å². The van der Waals surface area contributed by atoms with Gasteiger partial charge in [0.05, 0.1) is 17.0 Å². The lowest BCUT2D eigenvalue weighted by Gasteiger charge is -2.37. The highest BCUT2D eigenvalue weighted by atomic mass is 19.4. The van der Waals surface area contributed by atoms with E-state index < -0.39 is 35.6 Å². The highest BCUT2D eigenvalue weighted by Crippen LogP contribution is 2.37. The lowest BCUT2D eigenvalue weighted by Crippen LogP contribution is -2.47. The number of carbonyl (C=O) groups excluding carboxylic acids is 3. The third kappa shape index (κ3) is 6.51. The Morgan fingerprint density at radius 3 is 1.96 bits per heavy atom. The van der Waals surface area contributed by atoms with Crippen LogP contribution in [-0.2, 0) is 22.2 Å². The summed E-state index contributed by atoms with van der Waals surface area (Å²) >= 11 is 0. The molecular weight excluding hydrogens is 605 g/mol. The van der Waals surface area contributed by atoms with Gasteiger partial charge in [-0.3, -0.25) is 9.59 Å². The smallest absolute Gasteiger partial charge is 0.416 e. The highest BCUT2D eigenvalue weighted by Gasteiger charge is 2.39. The largest absolute Gasteiger partial charge is 0.423 e. The molecule has 0 fully saturated rings. The number of halogens is 3. The molecule has 47 heavy (non-hydrogen) atoms. The second-order valence-corrected chi connectivity index (χ2v) is 11.2. The number of benzene rings is 5. The Balaban J connectivity index is 1.26. The Labute approximate surface area is 269 Å². The Morgan fingerprint density at radius 2 is 1.36 bits per heavy atom. The van der Waals surface area contributed by atoms with Gasteiger partial charge >= 0.3 is 12.1 Å². The zero-order valence-electron chi connectivity index (χ0n) is 25.0. The van der Waals surface area contributed by atoms with E-state index in [-0.39, 0.29) is 23.8 Å². The second kappa shape index (κ2) is 13.0. The van der Waals surface area contributed by atoms with Crippen LogP contribution in [0.3, 0.4) is 0 Å². The van der Waals surface area contributed by atoms with Gasteiger partial charge in [-0.2, -0.15) is 13.2 Å². The average Bonchev–Trinajstić information content (AvgIpc) is 3.08. The van der Waals surface area contributed by atoms with E-state index in [1.165, 1.54) is 29.2 Å². The van der Waals surface area contributed by atoms with E-state index in [2.05, 4.69) is 0 Å². The van der Waals surface area contributed by atoms with Crippen LogP contribution in [0.5, 0.6) is 5.75 Å². The van der Waals surface area contributed by atoms with E-state index in [0.29, 0.717) is 28.7 Å². The first kappa shape index (κ1) is 31.3. The molecule has 0 radical (unpaired) electrons. The van der Waals surface area contributed by atoms with Gasteiger partial charge in [0.25, 0.3) is 0 Å². The standard InChI is InChI=1S/C38H29F3N2O4/c39-38(40,41)28-17-15-24(16-18-28)30-13-7-8-14-32(30)37(46)47-29-19-20-31-27(23-29)21-22-43(34(31)35(42)44)36(45)33(25-9-3-1-4-10-25)26-11-5-2-6-12-26/h1-20,23,33-34H,21-22H2,(H2,42,44). The van der Waals surface area contributed by atoms with Crippen molar-refractivity contribution in [3.8, 4) is 16.9 Å². The molecule has 6 nitrogen and oxygen atoms in total. The topological polar surface area (TPSA) is 89.7 Å². The third-order valence-corrected chi connectivity index (χ3v) is 8.29. The van der Waals surface area contributed by atoms with Crippen LogP contribution >= 0.6 is 0 Å². The molecule has 0 bridgehead atoms. The number of ether oxygens (including phenoxy) is 1. The van der Waals surface area contributed by atoms with Gasteiger partial charge in [-0.1, -0.05) is 97.1 Å². The number of esters is 1. The Bertz CT molecular complexity index is 1890. The quantitative estimate of drug-likeness (QED) is 0.150. The number of amides is 2. The number of nitrogens with zero attached hydrogens (tertiary/aromatic N) is 1. The SMILES string of the molecule is NC(=O)C1c2ccc(OC(=O)c3ccccc3-c3ccc(C(F)(F)F)cc3)cc2CCN1C(=O)C(c1ccccc1)c1ccccc1. The fourth-order valence-corrected chi connectivity index (χ4v) is 6.06. The molecule has 9 heteroatoms. The van der Waals surface area contributed by atoms with Crippen LogP contribution in [0.15, 0.2) is 127 Å². The summed E-state index contributed by atoms with van der Waals surface area (Å²) in [7, 11) is 0. The van der Waals surface area contributed by atoms with Crippen LogP contribution in [0.1, 0.15) is 50.1 Å². The Hall–Kier alpha value is -5.70. The summed E-state index contributed by atoms with van der Waals surface area (Å²) < 4.78 is 45.0. The van der Waals surface area contributed by atoms with Crippen molar-refractivity contribution in [3.05, 3.63) is 161 Å². The maximum Gasteiger partial charge on any atom is 0.416 e. The van der Waals surface area contributed by atoms with Crippen molar-refractivity contribution in [3.63, 3.8) is 0 Å². The second-order valence-electron chi connectivity index (χ2n) is 11.2. The van der Waals surface area contributed by atoms with Gasteiger partial charge in [0.2, 0.25) is 11.8 Å². The number of rotatable bonds is 7. The molecule has 1 heterocycles. The molecular formula is C38H29F3N2O4. The molecule has 1 unspecified atom stereocenters. The average molecular weight is 635 g/mol. The number of carbonyl (C=O) groups is 3. The van der Waals surface area contributed by atoms with Gasteiger partial charge in [-0.05, 0) is 70.1 Å². The fraction of sp³-hybridized carbons (Fsp3) is 0.132. The first-order chi connectivity index (χ1) is 22.6. The molecule has 6 rings (SSSR count). The van der Waals surface area contributed by atoms with E-state index in [1.807, 2.05) is 60.7 Å². The first-order valence-corrected chi connectivity index (χ1v) is 14.9. The van der Waals surface area contributed by atoms with Gasteiger partial charge in [0.15, 0.2) is 0 Å². The van der Waals surface area contributed by atoms with E-state index >= 15 is 0 Å². The van der Waals surface area contributed by atoms with Crippen LogP contribution < -0.4 is 10.5 Å². The molecule has 0 saturated carbocycles. The molecule has 1 aliphatic rings. The van der Waals surface area contributed by atoms with Crippen LogP contribution in [0.4, 0.5) is 13.2 Å². The lowest BCUT2D eigenvalue weighted by molar-refractivity contribution is -0.140. The van der Waals surface area contributed by atoms with Crippen molar-refractivity contribution >= 4 is 17.8 Å². The van der Waals surface area contributed by atoms with Crippen LogP contribution in [-0.4, -0.2) is 29.2 Å². The summed E-state index contributed by atoms with van der Waals surface area (Å²) in [4.78, 5) is 42.0. The Kier molecular flexibility index (Phi) is 8.63. The molecule has 0 aliphatic carbocycles. The summed E-state index contributed by atoms with van der Waals surface area (Å²) in [6.07, 6.45) is -4.10. The number of alkyl halides is 3. The van der Waals surface area contributed by atoms with E-state index in [4.69, 9.17) is 10.5 Å². The molecule has 0 spiro atoms. The molecule has 1 aliphatic heterocycles. The van der Waals surface area contributed by atoms with Crippen LogP contribution in [0.2, 0.25) is 0 Å². The summed E-state index contributed by atoms with van der Waals surface area (Å²) in [5.74, 6) is -2.08. The summed E-state index contributed by atoms with van der Waals surface area (Å²) in [5.41, 5.74) is 8.95. The number of primary amides is 1. The van der Waals surface area contributed by atoms with Gasteiger partial charge in [-0.15, -0.1) is 0 Å². The summed E-state index contributed by atoms with van der Waals surface area (Å²) in [6, 6.07) is 33.5. The third-order valence-electron chi connectivity index (χ3n) is 8.29. The number of hydrogen-bond donors (Lipinski definition) is 1. The van der Waals surface area contributed by atoms with Gasteiger partial charge in [-0.25, -0.2) is 4.79 Å². The number of nitrogens with two attached hydrogens (primary N) is 1. The van der Waals surface area contributed by atoms with Crippen molar-refractivity contribution in [2.24, 2.45) is 5.73 Å². The van der Waals surface area contributed by atoms with Crippen molar-refractivity contribution < 1.29 is 32.3 Å². The van der Waals surface area contributed by atoms with Crippen molar-refractivity contribution in [1.29, 1.82) is 0 Å². The monoisotopic (exact) mass is 634 g/mol. The van der Waals surface area contributed by atoms with Crippen LogP contribution in [0.25, 0.3) is 11.1 Å². The predicted molar refractivity (Wildman–Crippen MR) is 170 cm³/mol. The number of fused-ring (bicyclic) bond motifs is 1. The predicted octanol–water partition coefficient (Wildman–Crippen LogP) is 7.33. The molecule has 0 saturated heterocycles. The summed E-state index contributed by atoms with van der Waals surface area (Å²) in [5, 5.41) is 0. The van der Waals surface area contributed by atoms with Gasteiger partial charge < -0.3 is 15.4 Å². The zero-order valence-corrected chi connectivity index (χ0v) is 25.0. The minimum atomic E-state index is -4.48. The van der Waals surface area contributed by atoms with E-state index in [9.17, 15) is 27.6 Å².